The van der Waals surface area contributed by atoms with Gasteiger partial charge in [-0.25, -0.2) is 0 Å². The summed E-state index contributed by atoms with van der Waals surface area (Å²) in [6, 6.07) is -0.636. The molecule has 0 saturated carbocycles. The van der Waals surface area contributed by atoms with Gasteiger partial charge in [0.15, 0.2) is 0 Å². The molecule has 0 spiro atoms. The molecule has 0 radical (unpaired) electrons. The van der Waals surface area contributed by atoms with Crippen molar-refractivity contribution in [2.75, 3.05) is 13.1 Å². The third-order valence-corrected chi connectivity index (χ3v) is 3.11. The fourth-order valence-corrected chi connectivity index (χ4v) is 1.91. The Morgan fingerprint density at radius 1 is 1.17 bits per heavy atom. The monoisotopic (exact) mass is 262 g/mol. The average Bonchev–Trinajstić information content (AvgIpc) is 2.31. The molecule has 18 heavy (non-hydrogen) atoms. The number of carbonyl (C=O) groups is 2. The van der Waals surface area contributed by atoms with Gasteiger partial charge in [-0.15, -0.1) is 0 Å². The van der Waals surface area contributed by atoms with Crippen molar-refractivity contribution in [1.29, 1.82) is 0 Å². The van der Waals surface area contributed by atoms with Crippen LogP contribution in [0.2, 0.25) is 0 Å². The normalized spacial score (nSPS) is 17.8. The zero-order valence-electron chi connectivity index (χ0n) is 10.2. The molecule has 0 rings (SSSR count). The predicted octanol–water partition coefficient (Wildman–Crippen LogP) is -2.12. The second-order valence-electron chi connectivity index (χ2n) is 4.43. The predicted molar refractivity (Wildman–Crippen MR) is 65.6 cm³/mol. The van der Waals surface area contributed by atoms with Gasteiger partial charge in [-0.05, 0) is 6.42 Å². The topological polar surface area (TPSA) is 179 Å². The lowest BCUT2D eigenvalue weighted by Crippen LogP contribution is -2.60. The summed E-state index contributed by atoms with van der Waals surface area (Å²) in [5.74, 6) is -2.75. The van der Waals surface area contributed by atoms with Gasteiger partial charge in [-0.1, -0.05) is 0 Å². The van der Waals surface area contributed by atoms with E-state index in [9.17, 15) is 9.59 Å². The summed E-state index contributed by atoms with van der Waals surface area (Å²) in [5, 5.41) is 17.5. The minimum absolute atomic E-state index is 0.0497. The number of hydrogen-bond donors (Lipinski definition) is 6. The summed E-state index contributed by atoms with van der Waals surface area (Å²) < 4.78 is 0. The summed E-state index contributed by atoms with van der Waals surface area (Å²) in [7, 11) is 0. The van der Waals surface area contributed by atoms with Crippen molar-refractivity contribution in [3.8, 4) is 0 Å². The number of hydrogen-bond acceptors (Lipinski definition) is 6. The van der Waals surface area contributed by atoms with Gasteiger partial charge in [-0.3, -0.25) is 9.59 Å². The minimum Gasteiger partial charge on any atom is -0.481 e. The van der Waals surface area contributed by atoms with E-state index in [4.69, 9.17) is 33.1 Å². The average molecular weight is 262 g/mol. The molecule has 0 amide bonds. The molecule has 8 nitrogen and oxygen atoms in total. The highest BCUT2D eigenvalue weighted by Crippen LogP contribution is 2.25. The summed E-state index contributed by atoms with van der Waals surface area (Å²) in [6.45, 7) is 0.00982. The smallest absolute Gasteiger partial charge is 0.303 e. The highest BCUT2D eigenvalue weighted by atomic mass is 16.4. The Balaban J connectivity index is 4.97. The summed E-state index contributed by atoms with van der Waals surface area (Å²) >= 11 is 0. The lowest BCUT2D eigenvalue weighted by molar-refractivity contribution is -0.139. The van der Waals surface area contributed by atoms with Crippen LogP contribution in [0.5, 0.6) is 0 Å². The van der Waals surface area contributed by atoms with Crippen molar-refractivity contribution >= 4 is 11.9 Å². The molecule has 0 heterocycles. The van der Waals surface area contributed by atoms with Crippen molar-refractivity contribution < 1.29 is 19.8 Å². The van der Waals surface area contributed by atoms with E-state index in [0.717, 1.165) is 0 Å². The van der Waals surface area contributed by atoms with Crippen LogP contribution in [0.25, 0.3) is 0 Å². The molecule has 8 heteroatoms. The van der Waals surface area contributed by atoms with E-state index >= 15 is 0 Å². The van der Waals surface area contributed by atoms with Crippen LogP contribution in [-0.4, -0.2) is 46.8 Å². The van der Waals surface area contributed by atoms with E-state index in [-0.39, 0.29) is 32.4 Å². The molecule has 3 atom stereocenters. The molecule has 0 fully saturated rings. The molecule has 10 N–H and O–H groups in total. The maximum absolute atomic E-state index is 10.8. The largest absolute Gasteiger partial charge is 0.481 e. The van der Waals surface area contributed by atoms with E-state index in [0.29, 0.717) is 0 Å². The number of rotatable bonds is 9. The molecule has 0 aliphatic carbocycles. The quantitative estimate of drug-likeness (QED) is 0.273. The first kappa shape index (κ1) is 16.8. The molecule has 0 aromatic heterocycles. The van der Waals surface area contributed by atoms with Gasteiger partial charge in [0.2, 0.25) is 0 Å². The van der Waals surface area contributed by atoms with Crippen LogP contribution in [0.4, 0.5) is 0 Å². The molecule has 0 aliphatic rings. The van der Waals surface area contributed by atoms with Gasteiger partial charge in [0.25, 0.3) is 0 Å². The molecule has 0 aromatic carbocycles. The summed E-state index contributed by atoms with van der Waals surface area (Å²) in [6.07, 6.45) is -0.419. The second kappa shape index (κ2) is 7.27. The minimum atomic E-state index is -1.14. The Hall–Kier alpha value is -1.22. The first-order valence-corrected chi connectivity index (χ1v) is 5.65. The van der Waals surface area contributed by atoms with Crippen molar-refractivity contribution in [3.63, 3.8) is 0 Å². The van der Waals surface area contributed by atoms with Crippen LogP contribution in [0, 0.1) is 5.92 Å². The highest BCUT2D eigenvalue weighted by Gasteiger charge is 2.38. The van der Waals surface area contributed by atoms with Crippen LogP contribution in [0.1, 0.15) is 19.3 Å². The number of aliphatic carboxylic acids is 2. The van der Waals surface area contributed by atoms with Crippen LogP contribution in [0.3, 0.4) is 0 Å². The molecule has 0 unspecified atom stereocenters. The molecule has 0 saturated heterocycles. The van der Waals surface area contributed by atoms with E-state index in [1.165, 1.54) is 0 Å². The summed E-state index contributed by atoms with van der Waals surface area (Å²) in [4.78, 5) is 21.4. The molecular weight excluding hydrogens is 240 g/mol. The van der Waals surface area contributed by atoms with Gasteiger partial charge in [0.05, 0.1) is 6.42 Å². The van der Waals surface area contributed by atoms with Gasteiger partial charge < -0.3 is 33.1 Å². The number of carboxylic acids is 2. The summed E-state index contributed by atoms with van der Waals surface area (Å²) in [5.41, 5.74) is 21.6. The van der Waals surface area contributed by atoms with E-state index in [2.05, 4.69) is 0 Å². The zero-order chi connectivity index (χ0) is 14.3. The molecule has 0 aliphatic heterocycles. The fraction of sp³-hybridized carbons (Fsp3) is 0.800. The van der Waals surface area contributed by atoms with Crippen LogP contribution in [-0.2, 0) is 9.59 Å². The molecule has 106 valence electrons. The lowest BCUT2D eigenvalue weighted by Gasteiger charge is -2.38. The Morgan fingerprint density at radius 3 is 2.06 bits per heavy atom. The lowest BCUT2D eigenvalue weighted by atomic mass is 9.75. The third kappa shape index (κ3) is 4.96. The molecule has 0 bridgehead atoms. The first-order chi connectivity index (χ1) is 8.26. The van der Waals surface area contributed by atoms with Gasteiger partial charge in [0, 0.05) is 37.0 Å². The van der Waals surface area contributed by atoms with Crippen LogP contribution >= 0.6 is 0 Å². The Bertz CT molecular complexity index is 300. The van der Waals surface area contributed by atoms with Gasteiger partial charge in [-0.2, -0.15) is 0 Å². The fourth-order valence-electron chi connectivity index (χ4n) is 1.91. The first-order valence-electron chi connectivity index (χ1n) is 5.65. The van der Waals surface area contributed by atoms with Crippen molar-refractivity contribution in [2.45, 2.75) is 30.8 Å². The van der Waals surface area contributed by atoms with Crippen molar-refractivity contribution in [1.82, 2.24) is 0 Å². The van der Waals surface area contributed by atoms with Crippen molar-refractivity contribution in [3.05, 3.63) is 0 Å². The number of carboxylic acid groups (broad SMARTS) is 2. The Morgan fingerprint density at radius 2 is 1.72 bits per heavy atom. The SMILES string of the molecule is NC[C@H](N)[C@H](CC(=O)O)[C@@](N)(CN)CCC(=O)O. The van der Waals surface area contributed by atoms with E-state index in [1.807, 2.05) is 0 Å². The third-order valence-electron chi connectivity index (χ3n) is 3.11. The molecular formula is C10H22N4O4. The standard InChI is InChI=1S/C10H22N4O4/c11-4-7(13)6(3-9(17)18)10(14,5-12)2-1-8(15)16/h6-7H,1-5,11-14H2,(H,15,16)(H,17,18)/t6-,7-,10-/m0/s1. The second-order valence-corrected chi connectivity index (χ2v) is 4.43. The van der Waals surface area contributed by atoms with Crippen molar-refractivity contribution in [2.24, 2.45) is 28.9 Å². The van der Waals surface area contributed by atoms with Gasteiger partial charge >= 0.3 is 11.9 Å². The van der Waals surface area contributed by atoms with Gasteiger partial charge in [0.1, 0.15) is 0 Å². The number of nitrogens with two attached hydrogens (primary N) is 4. The van der Waals surface area contributed by atoms with Crippen LogP contribution < -0.4 is 22.9 Å². The maximum atomic E-state index is 10.8. The maximum Gasteiger partial charge on any atom is 0.303 e. The van der Waals surface area contributed by atoms with E-state index in [1.54, 1.807) is 0 Å². The molecule has 0 aromatic rings. The van der Waals surface area contributed by atoms with Crippen LogP contribution in [0.15, 0.2) is 0 Å². The Labute approximate surface area is 105 Å². The van der Waals surface area contributed by atoms with E-state index < -0.39 is 29.4 Å². The Kier molecular flexibility index (Phi) is 6.77. The zero-order valence-corrected chi connectivity index (χ0v) is 10.2. The highest BCUT2D eigenvalue weighted by molar-refractivity contribution is 5.68.